The molecule has 2 N–H and O–H groups in total. The number of rotatable bonds is 5. The zero-order valence-corrected chi connectivity index (χ0v) is 15.5. The predicted octanol–water partition coefficient (Wildman–Crippen LogP) is 1.29. The molecular weight excluding hydrogens is 342 g/mol. The van der Waals surface area contributed by atoms with Crippen molar-refractivity contribution in [1.82, 2.24) is 15.2 Å². The molecule has 1 aromatic rings. The monoisotopic (exact) mass is 365 g/mol. The molecule has 0 aliphatic carbocycles. The summed E-state index contributed by atoms with van der Waals surface area (Å²) in [4.78, 5) is 52.1. The van der Waals surface area contributed by atoms with Gasteiger partial charge in [0, 0.05) is 18.8 Å². The third-order valence-corrected chi connectivity index (χ3v) is 3.94. The van der Waals surface area contributed by atoms with Gasteiger partial charge in [0.25, 0.3) is 5.91 Å². The summed E-state index contributed by atoms with van der Waals surface area (Å²) in [5.41, 5.74) is 1.20. The Labute approximate surface area is 151 Å². The Bertz CT molecular complexity index is 752. The first-order valence-electron chi connectivity index (χ1n) is 8.33. The second kappa shape index (κ2) is 7.59. The van der Waals surface area contributed by atoms with E-state index >= 15 is 0 Å². The highest BCUT2D eigenvalue weighted by Crippen LogP contribution is 2.21. The molecule has 1 saturated heterocycles. The molecule has 0 bridgehead atoms. The van der Waals surface area contributed by atoms with Gasteiger partial charge in [0.05, 0.1) is 11.7 Å². The molecule has 26 heavy (non-hydrogen) atoms. The molecule has 0 saturated carbocycles. The second-order valence-electron chi connectivity index (χ2n) is 6.35. The van der Waals surface area contributed by atoms with Crippen molar-refractivity contribution in [1.29, 1.82) is 0 Å². The maximum atomic E-state index is 12.4. The number of carbonyl (C=O) groups excluding carboxylic acids is 4. The molecule has 9 heteroatoms. The van der Waals surface area contributed by atoms with Gasteiger partial charge in [-0.05, 0) is 40.2 Å². The number of urea groups is 1. The Hall–Kier alpha value is -2.84. The highest BCUT2D eigenvalue weighted by Gasteiger charge is 2.33. The molecule has 1 aliphatic heterocycles. The quantitative estimate of drug-likeness (QED) is 0.759. The molecule has 142 valence electrons. The van der Waals surface area contributed by atoms with E-state index < -0.39 is 30.0 Å². The molecule has 1 atom stereocenters. The van der Waals surface area contributed by atoms with Crippen LogP contribution >= 0.6 is 0 Å². The number of aromatic amines is 1. The van der Waals surface area contributed by atoms with Gasteiger partial charge in [0.1, 0.15) is 5.69 Å². The maximum absolute atomic E-state index is 12.4. The standard InChI is InChI=1S/C17H23N3O6/c1-8(2)25-15(22)12-9(3)13(19-10(12)4)16(23)26-11(5)14(21)20-7-6-18-17(20)24/h8,11,19H,6-7H2,1-5H3,(H,18,24). The number of amides is 3. The molecule has 2 heterocycles. The SMILES string of the molecule is Cc1[nH]c(C(=O)OC(C)C(=O)N2CCNC2=O)c(C)c1C(=O)OC(C)C. The number of H-pyrrole nitrogens is 1. The zero-order chi connectivity index (χ0) is 19.6. The fourth-order valence-electron chi connectivity index (χ4n) is 2.70. The smallest absolute Gasteiger partial charge is 0.355 e. The van der Waals surface area contributed by atoms with Crippen LogP contribution in [-0.4, -0.2) is 59.1 Å². The topological polar surface area (TPSA) is 118 Å². The molecule has 1 fully saturated rings. The van der Waals surface area contributed by atoms with Gasteiger partial charge in [-0.1, -0.05) is 0 Å². The van der Waals surface area contributed by atoms with Crippen LogP contribution in [0.3, 0.4) is 0 Å². The lowest BCUT2D eigenvalue weighted by Crippen LogP contribution is -2.41. The Morgan fingerprint density at radius 1 is 1.08 bits per heavy atom. The molecule has 0 aromatic carbocycles. The van der Waals surface area contributed by atoms with Gasteiger partial charge in [-0.2, -0.15) is 0 Å². The fourth-order valence-corrected chi connectivity index (χ4v) is 2.70. The van der Waals surface area contributed by atoms with E-state index in [2.05, 4.69) is 10.3 Å². The maximum Gasteiger partial charge on any atom is 0.355 e. The van der Waals surface area contributed by atoms with Crippen molar-refractivity contribution in [2.45, 2.75) is 46.8 Å². The second-order valence-corrected chi connectivity index (χ2v) is 6.35. The highest BCUT2D eigenvalue weighted by atomic mass is 16.6. The molecule has 2 rings (SSSR count). The number of hydrogen-bond donors (Lipinski definition) is 2. The number of aromatic nitrogens is 1. The molecule has 0 spiro atoms. The minimum atomic E-state index is -1.14. The number of esters is 2. The van der Waals surface area contributed by atoms with Gasteiger partial charge in [0.2, 0.25) is 0 Å². The van der Waals surface area contributed by atoms with E-state index in [1.807, 2.05) is 0 Å². The van der Waals surface area contributed by atoms with Crippen molar-refractivity contribution in [2.24, 2.45) is 0 Å². The predicted molar refractivity (Wildman–Crippen MR) is 90.8 cm³/mol. The van der Waals surface area contributed by atoms with Crippen LogP contribution in [0.15, 0.2) is 0 Å². The number of carbonyl (C=O) groups is 4. The minimum Gasteiger partial charge on any atom is -0.459 e. The normalized spacial score (nSPS) is 15.0. The highest BCUT2D eigenvalue weighted by molar-refractivity contribution is 6.01. The minimum absolute atomic E-state index is 0.0729. The summed E-state index contributed by atoms with van der Waals surface area (Å²) in [5.74, 6) is -1.92. The first kappa shape index (κ1) is 19.5. The molecular formula is C17H23N3O6. The molecule has 1 unspecified atom stereocenters. The van der Waals surface area contributed by atoms with E-state index in [-0.39, 0.29) is 23.9 Å². The Kier molecular flexibility index (Phi) is 5.69. The number of nitrogens with zero attached hydrogens (tertiary/aromatic N) is 1. The molecule has 0 radical (unpaired) electrons. The van der Waals surface area contributed by atoms with Gasteiger partial charge in [0.15, 0.2) is 6.10 Å². The summed E-state index contributed by atoms with van der Waals surface area (Å²) in [7, 11) is 0. The Morgan fingerprint density at radius 2 is 1.73 bits per heavy atom. The van der Waals surface area contributed by atoms with Gasteiger partial charge in [-0.15, -0.1) is 0 Å². The number of hydrogen-bond acceptors (Lipinski definition) is 6. The van der Waals surface area contributed by atoms with Crippen LogP contribution in [0.25, 0.3) is 0 Å². The van der Waals surface area contributed by atoms with E-state index in [0.29, 0.717) is 17.8 Å². The van der Waals surface area contributed by atoms with Crippen LogP contribution in [0.1, 0.15) is 52.9 Å². The summed E-state index contributed by atoms with van der Waals surface area (Å²) in [6.07, 6.45) is -1.43. The average Bonchev–Trinajstić information content (AvgIpc) is 3.08. The van der Waals surface area contributed by atoms with E-state index in [1.54, 1.807) is 27.7 Å². The Morgan fingerprint density at radius 3 is 2.27 bits per heavy atom. The van der Waals surface area contributed by atoms with Crippen molar-refractivity contribution in [3.63, 3.8) is 0 Å². The third-order valence-electron chi connectivity index (χ3n) is 3.94. The van der Waals surface area contributed by atoms with Crippen LogP contribution in [0, 0.1) is 13.8 Å². The van der Waals surface area contributed by atoms with Gasteiger partial charge in [-0.3, -0.25) is 9.69 Å². The van der Waals surface area contributed by atoms with Crippen molar-refractivity contribution in [2.75, 3.05) is 13.1 Å². The van der Waals surface area contributed by atoms with Crippen LogP contribution < -0.4 is 5.32 Å². The van der Waals surface area contributed by atoms with Gasteiger partial charge in [-0.25, -0.2) is 14.4 Å². The van der Waals surface area contributed by atoms with E-state index in [9.17, 15) is 19.2 Å². The van der Waals surface area contributed by atoms with Crippen LogP contribution in [0.5, 0.6) is 0 Å². The Balaban J connectivity index is 2.13. The largest absolute Gasteiger partial charge is 0.459 e. The molecule has 9 nitrogen and oxygen atoms in total. The van der Waals surface area contributed by atoms with E-state index in [1.165, 1.54) is 6.92 Å². The van der Waals surface area contributed by atoms with Crippen LogP contribution in [0.2, 0.25) is 0 Å². The number of imide groups is 1. The van der Waals surface area contributed by atoms with Crippen molar-refractivity contribution >= 4 is 23.9 Å². The fraction of sp³-hybridized carbons (Fsp3) is 0.529. The number of aryl methyl sites for hydroxylation is 1. The average molecular weight is 365 g/mol. The lowest BCUT2D eigenvalue weighted by molar-refractivity contribution is -0.136. The number of nitrogens with one attached hydrogen (secondary N) is 2. The summed E-state index contributed by atoms with van der Waals surface area (Å²) >= 11 is 0. The third kappa shape index (κ3) is 3.87. The number of ether oxygens (including phenoxy) is 2. The van der Waals surface area contributed by atoms with Gasteiger partial charge < -0.3 is 19.8 Å². The molecule has 3 amide bonds. The lowest BCUT2D eigenvalue weighted by Gasteiger charge is -2.18. The van der Waals surface area contributed by atoms with E-state index in [0.717, 1.165) is 4.90 Å². The summed E-state index contributed by atoms with van der Waals surface area (Å²) in [6, 6.07) is -0.511. The van der Waals surface area contributed by atoms with Crippen molar-refractivity contribution < 1.29 is 28.7 Å². The van der Waals surface area contributed by atoms with Crippen LogP contribution in [-0.2, 0) is 14.3 Å². The lowest BCUT2D eigenvalue weighted by atomic mass is 10.1. The summed E-state index contributed by atoms with van der Waals surface area (Å²) in [6.45, 7) is 8.68. The molecule has 1 aliphatic rings. The zero-order valence-electron chi connectivity index (χ0n) is 15.5. The van der Waals surface area contributed by atoms with E-state index in [4.69, 9.17) is 9.47 Å². The van der Waals surface area contributed by atoms with Crippen LogP contribution in [0.4, 0.5) is 4.79 Å². The van der Waals surface area contributed by atoms with Crippen molar-refractivity contribution in [3.8, 4) is 0 Å². The first-order chi connectivity index (χ1) is 12.1. The summed E-state index contributed by atoms with van der Waals surface area (Å²) in [5, 5.41) is 2.51. The summed E-state index contributed by atoms with van der Waals surface area (Å²) < 4.78 is 10.3. The van der Waals surface area contributed by atoms with Crippen molar-refractivity contribution in [3.05, 3.63) is 22.5 Å². The molecule has 1 aromatic heterocycles. The first-order valence-corrected chi connectivity index (χ1v) is 8.33. The van der Waals surface area contributed by atoms with Gasteiger partial charge >= 0.3 is 18.0 Å².